The van der Waals surface area contributed by atoms with Crippen LogP contribution in [0.4, 0.5) is 5.82 Å². The van der Waals surface area contributed by atoms with Crippen molar-refractivity contribution in [1.82, 2.24) is 24.3 Å². The second-order valence-corrected chi connectivity index (χ2v) is 12.0. The van der Waals surface area contributed by atoms with E-state index < -0.39 is 0 Å². The van der Waals surface area contributed by atoms with E-state index in [1.165, 1.54) is 39.0 Å². The van der Waals surface area contributed by atoms with E-state index in [0.717, 1.165) is 46.5 Å². The minimum Gasteiger partial charge on any atom is -0.457 e. The Bertz CT molecular complexity index is 1390. The Morgan fingerprint density at radius 1 is 0.795 bits per heavy atom. The van der Waals surface area contributed by atoms with E-state index in [1.54, 1.807) is 6.33 Å². The molecule has 204 valence electrons. The van der Waals surface area contributed by atoms with Crippen molar-refractivity contribution in [3.63, 3.8) is 0 Å². The molecule has 3 heterocycles. The maximum atomic E-state index is 6.43. The molecule has 2 aromatic heterocycles. The maximum absolute atomic E-state index is 6.43. The number of nitrogen functional groups attached to an aromatic ring is 1. The predicted molar refractivity (Wildman–Crippen MR) is 158 cm³/mol. The molecule has 0 radical (unpaired) electrons. The fraction of sp³-hybridized carbons (Fsp3) is 0.438. The van der Waals surface area contributed by atoms with Crippen LogP contribution in [-0.4, -0.2) is 62.1 Å². The lowest BCUT2D eigenvalue weighted by atomic mass is 9.89. The van der Waals surface area contributed by atoms with Crippen molar-refractivity contribution in [2.24, 2.45) is 0 Å². The first kappa shape index (κ1) is 25.8. The van der Waals surface area contributed by atoms with E-state index in [2.05, 4.69) is 58.5 Å². The van der Waals surface area contributed by atoms with Crippen LogP contribution < -0.4 is 10.5 Å². The largest absolute Gasteiger partial charge is 0.457 e. The van der Waals surface area contributed by atoms with Crippen LogP contribution in [0.3, 0.4) is 0 Å². The Labute approximate surface area is 231 Å². The van der Waals surface area contributed by atoms with E-state index in [4.69, 9.17) is 15.5 Å². The highest BCUT2D eigenvalue weighted by atomic mass is 16.5. The number of aromatic nitrogens is 3. The van der Waals surface area contributed by atoms with Crippen molar-refractivity contribution >= 4 is 16.9 Å². The van der Waals surface area contributed by atoms with Gasteiger partial charge >= 0.3 is 0 Å². The summed E-state index contributed by atoms with van der Waals surface area (Å²) in [6.07, 6.45) is 8.59. The van der Waals surface area contributed by atoms with Crippen molar-refractivity contribution < 1.29 is 4.74 Å². The topological polar surface area (TPSA) is 72.4 Å². The molecule has 0 bridgehead atoms. The average Bonchev–Trinajstić information content (AvgIpc) is 3.35. The van der Waals surface area contributed by atoms with Gasteiger partial charge in [0.05, 0.1) is 5.39 Å². The van der Waals surface area contributed by atoms with Crippen LogP contribution in [0.15, 0.2) is 67.1 Å². The number of fused-ring (bicyclic) bond motifs is 1. The summed E-state index contributed by atoms with van der Waals surface area (Å²) >= 11 is 0. The monoisotopic (exact) mass is 524 g/mol. The number of hydrogen-bond acceptors (Lipinski definition) is 6. The van der Waals surface area contributed by atoms with Crippen LogP contribution in [-0.2, 0) is 0 Å². The SMILES string of the molecule is CC(C)(C)N1CCN(C2CCC(n3cc(-c4ccc(Oc5ccccc5)cc4)c4c(N)ncnc43)CC2)CC1. The van der Waals surface area contributed by atoms with Gasteiger partial charge in [0.25, 0.3) is 0 Å². The Balaban J connectivity index is 1.18. The molecule has 39 heavy (non-hydrogen) atoms. The molecule has 0 unspecified atom stereocenters. The van der Waals surface area contributed by atoms with Crippen LogP contribution in [0.25, 0.3) is 22.2 Å². The van der Waals surface area contributed by atoms with Crippen molar-refractivity contribution in [3.05, 3.63) is 67.1 Å². The first-order chi connectivity index (χ1) is 18.9. The first-order valence-electron chi connectivity index (χ1n) is 14.3. The zero-order valence-electron chi connectivity index (χ0n) is 23.4. The molecule has 2 aromatic carbocycles. The lowest BCUT2D eigenvalue weighted by molar-refractivity contribution is 0.0297. The molecule has 7 nitrogen and oxygen atoms in total. The highest BCUT2D eigenvalue weighted by Crippen LogP contribution is 2.39. The van der Waals surface area contributed by atoms with Gasteiger partial charge in [0.2, 0.25) is 0 Å². The Morgan fingerprint density at radius 3 is 2.10 bits per heavy atom. The van der Waals surface area contributed by atoms with Crippen molar-refractivity contribution in [2.75, 3.05) is 31.9 Å². The molecule has 4 aromatic rings. The van der Waals surface area contributed by atoms with Gasteiger partial charge in [0, 0.05) is 55.6 Å². The van der Waals surface area contributed by atoms with Gasteiger partial charge < -0.3 is 15.0 Å². The molecule has 1 aliphatic carbocycles. The number of para-hydroxylation sites is 1. The highest BCUT2D eigenvalue weighted by Gasteiger charge is 2.32. The molecule has 2 N–H and O–H groups in total. The Kier molecular flexibility index (Phi) is 7.04. The van der Waals surface area contributed by atoms with Gasteiger partial charge in [-0.25, -0.2) is 9.97 Å². The van der Waals surface area contributed by atoms with Crippen LogP contribution in [0, 0.1) is 0 Å². The molecule has 2 fully saturated rings. The number of benzene rings is 2. The van der Waals surface area contributed by atoms with Gasteiger partial charge in [-0.2, -0.15) is 0 Å². The summed E-state index contributed by atoms with van der Waals surface area (Å²) in [5.41, 5.74) is 9.79. The molecule has 0 spiro atoms. The minimum absolute atomic E-state index is 0.260. The quantitative estimate of drug-likeness (QED) is 0.327. The second-order valence-electron chi connectivity index (χ2n) is 12.0. The smallest absolute Gasteiger partial charge is 0.146 e. The molecule has 6 rings (SSSR count). The van der Waals surface area contributed by atoms with Crippen molar-refractivity contribution in [3.8, 4) is 22.6 Å². The van der Waals surface area contributed by atoms with E-state index in [9.17, 15) is 0 Å². The third-order valence-electron chi connectivity index (χ3n) is 8.62. The molecular formula is C32H40N6O. The van der Waals surface area contributed by atoms with Crippen molar-refractivity contribution in [2.45, 2.75) is 64.1 Å². The predicted octanol–water partition coefficient (Wildman–Crippen LogP) is 6.37. The molecular weight excluding hydrogens is 484 g/mol. The zero-order valence-corrected chi connectivity index (χ0v) is 23.4. The molecule has 2 aliphatic rings. The van der Waals surface area contributed by atoms with Crippen LogP contribution >= 0.6 is 0 Å². The summed E-state index contributed by atoms with van der Waals surface area (Å²) in [6, 6.07) is 19.2. The standard InChI is InChI=1S/C32H40N6O/c1-32(2,3)37-19-17-36(18-20-37)24-11-13-25(14-12-24)38-21-28(29-30(33)34-22-35-31(29)38)23-9-15-27(16-10-23)39-26-7-5-4-6-8-26/h4-10,15-16,21-22,24-25H,11-14,17-20H2,1-3H3,(H2,33,34,35). The van der Waals surface area contributed by atoms with E-state index >= 15 is 0 Å². The minimum atomic E-state index is 0.260. The third-order valence-corrected chi connectivity index (χ3v) is 8.62. The first-order valence-corrected chi connectivity index (χ1v) is 14.3. The number of ether oxygens (including phenoxy) is 1. The third kappa shape index (κ3) is 5.38. The highest BCUT2D eigenvalue weighted by molar-refractivity contribution is 6.00. The van der Waals surface area contributed by atoms with Gasteiger partial charge in [-0.15, -0.1) is 0 Å². The number of piperazine rings is 1. The van der Waals surface area contributed by atoms with Gasteiger partial charge in [-0.3, -0.25) is 9.80 Å². The molecule has 0 amide bonds. The van der Waals surface area contributed by atoms with Gasteiger partial charge in [0.15, 0.2) is 0 Å². The number of hydrogen-bond donors (Lipinski definition) is 1. The Morgan fingerprint density at radius 2 is 1.44 bits per heavy atom. The number of rotatable bonds is 5. The Hall–Kier alpha value is -3.42. The van der Waals surface area contributed by atoms with Gasteiger partial charge in [-0.05, 0) is 76.3 Å². The molecule has 1 saturated heterocycles. The van der Waals surface area contributed by atoms with Crippen molar-refractivity contribution in [1.29, 1.82) is 0 Å². The molecule has 1 saturated carbocycles. The molecule has 0 atom stereocenters. The summed E-state index contributed by atoms with van der Waals surface area (Å²) in [7, 11) is 0. The van der Waals surface area contributed by atoms with Crippen LogP contribution in [0.2, 0.25) is 0 Å². The number of nitrogens with two attached hydrogens (primary N) is 1. The summed E-state index contributed by atoms with van der Waals surface area (Å²) < 4.78 is 8.37. The lowest BCUT2D eigenvalue weighted by Gasteiger charge is -2.46. The lowest BCUT2D eigenvalue weighted by Crippen LogP contribution is -2.56. The average molecular weight is 525 g/mol. The van der Waals surface area contributed by atoms with E-state index in [1.807, 2.05) is 42.5 Å². The molecule has 7 heteroatoms. The summed E-state index contributed by atoms with van der Waals surface area (Å²) in [6.45, 7) is 11.7. The zero-order chi connectivity index (χ0) is 27.0. The fourth-order valence-electron chi connectivity index (χ4n) is 6.39. The summed E-state index contributed by atoms with van der Waals surface area (Å²) in [5.74, 6) is 2.16. The second kappa shape index (κ2) is 10.6. The van der Waals surface area contributed by atoms with Gasteiger partial charge in [0.1, 0.15) is 29.3 Å². The van der Waals surface area contributed by atoms with Crippen LogP contribution in [0.1, 0.15) is 52.5 Å². The van der Waals surface area contributed by atoms with Gasteiger partial charge in [-0.1, -0.05) is 30.3 Å². The fourth-order valence-corrected chi connectivity index (χ4v) is 6.39. The number of anilines is 1. The number of nitrogens with zero attached hydrogens (tertiary/aromatic N) is 5. The van der Waals surface area contributed by atoms with Crippen LogP contribution in [0.5, 0.6) is 11.5 Å². The normalized spacial score (nSPS) is 21.3. The van der Waals surface area contributed by atoms with E-state index in [-0.39, 0.29) is 5.54 Å². The summed E-state index contributed by atoms with van der Waals surface area (Å²) in [5, 5.41) is 0.939. The van der Waals surface area contributed by atoms with E-state index in [0.29, 0.717) is 17.9 Å². The maximum Gasteiger partial charge on any atom is 0.146 e. The summed E-state index contributed by atoms with van der Waals surface area (Å²) in [4.78, 5) is 14.4. The molecule has 1 aliphatic heterocycles.